The van der Waals surface area contributed by atoms with E-state index in [-0.39, 0.29) is 6.42 Å². The predicted octanol–water partition coefficient (Wildman–Crippen LogP) is 4.68. The Morgan fingerprint density at radius 2 is 2.14 bits per heavy atom. The number of hydrogen-bond acceptors (Lipinski definition) is 5. The summed E-state index contributed by atoms with van der Waals surface area (Å²) in [5.41, 5.74) is 3.02. The molecule has 5 nitrogen and oxygen atoms in total. The van der Waals surface area contributed by atoms with Crippen LogP contribution < -0.4 is 4.90 Å². The van der Waals surface area contributed by atoms with Crippen LogP contribution in [-0.4, -0.2) is 46.6 Å². The summed E-state index contributed by atoms with van der Waals surface area (Å²) in [4.78, 5) is 20.6. The smallest absolute Gasteiger partial charge is 0.307 e. The number of fused-ring (bicyclic) bond motifs is 1. The van der Waals surface area contributed by atoms with Crippen molar-refractivity contribution in [3.05, 3.63) is 58.6 Å². The second kappa shape index (κ2) is 8.69. The van der Waals surface area contributed by atoms with E-state index in [1.165, 1.54) is 5.56 Å². The number of aliphatic carboxylic acids is 1. The van der Waals surface area contributed by atoms with E-state index in [0.29, 0.717) is 6.04 Å². The van der Waals surface area contributed by atoms with E-state index >= 15 is 0 Å². The Hall–Kier alpha value is -2.15. The van der Waals surface area contributed by atoms with Crippen LogP contribution in [0.3, 0.4) is 0 Å². The van der Waals surface area contributed by atoms with Gasteiger partial charge in [-0.3, -0.25) is 9.69 Å². The topological polar surface area (TPSA) is 56.7 Å². The lowest BCUT2D eigenvalue weighted by molar-refractivity contribution is -0.136. The minimum Gasteiger partial charge on any atom is -0.481 e. The van der Waals surface area contributed by atoms with Crippen molar-refractivity contribution in [1.82, 2.24) is 9.88 Å². The molecule has 0 aliphatic carbocycles. The van der Waals surface area contributed by atoms with Crippen LogP contribution in [0.5, 0.6) is 0 Å². The van der Waals surface area contributed by atoms with E-state index in [4.69, 9.17) is 21.7 Å². The third-order valence-corrected chi connectivity index (χ3v) is 6.74. The van der Waals surface area contributed by atoms with Gasteiger partial charge in [-0.05, 0) is 42.3 Å². The molecule has 1 N–H and O–H groups in total. The highest BCUT2D eigenvalue weighted by molar-refractivity contribution is 7.22. The molecular formula is C22H24ClN3O2S. The standard InChI is InChI=1S/C22H24ClN3O2S/c1-2-25(13-16-5-3-4-15(10-16)11-21(27)28)18-8-9-26(14-18)22-24-19-7-6-17(23)12-20(19)29-22/h3-7,10,12,18H,2,8-9,11,13-14H2,1H3,(H,27,28). The molecule has 1 atom stereocenters. The minimum atomic E-state index is -0.793. The third-order valence-electron chi connectivity index (χ3n) is 5.43. The molecule has 4 rings (SSSR count). The Balaban J connectivity index is 1.44. The van der Waals surface area contributed by atoms with Crippen LogP contribution in [0, 0.1) is 0 Å². The average molecular weight is 430 g/mol. The molecule has 1 unspecified atom stereocenters. The van der Waals surface area contributed by atoms with Crippen LogP contribution in [-0.2, 0) is 17.8 Å². The van der Waals surface area contributed by atoms with Gasteiger partial charge in [0.1, 0.15) is 0 Å². The van der Waals surface area contributed by atoms with Crippen LogP contribution in [0.2, 0.25) is 5.02 Å². The van der Waals surface area contributed by atoms with Gasteiger partial charge in [0.2, 0.25) is 0 Å². The predicted molar refractivity (Wildman–Crippen MR) is 119 cm³/mol. The number of hydrogen-bond donors (Lipinski definition) is 1. The number of likely N-dealkylation sites (N-methyl/N-ethyl adjacent to an activating group) is 1. The van der Waals surface area contributed by atoms with Crippen molar-refractivity contribution in [3.8, 4) is 0 Å². The monoisotopic (exact) mass is 429 g/mol. The second-order valence-corrected chi connectivity index (χ2v) is 8.90. The van der Waals surface area contributed by atoms with Gasteiger partial charge in [0.15, 0.2) is 5.13 Å². The number of aromatic nitrogens is 1. The third kappa shape index (κ3) is 4.71. The van der Waals surface area contributed by atoms with E-state index < -0.39 is 5.97 Å². The maximum Gasteiger partial charge on any atom is 0.307 e. The van der Waals surface area contributed by atoms with Crippen molar-refractivity contribution in [3.63, 3.8) is 0 Å². The fraction of sp³-hybridized carbons (Fsp3) is 0.364. The maximum absolute atomic E-state index is 11.0. The zero-order valence-corrected chi connectivity index (χ0v) is 17.9. The lowest BCUT2D eigenvalue weighted by atomic mass is 10.1. The first-order valence-electron chi connectivity index (χ1n) is 9.86. The van der Waals surface area contributed by atoms with E-state index in [2.05, 4.69) is 22.8 Å². The van der Waals surface area contributed by atoms with Crippen molar-refractivity contribution in [2.45, 2.75) is 32.4 Å². The Morgan fingerprint density at radius 3 is 2.93 bits per heavy atom. The average Bonchev–Trinajstić information content (AvgIpc) is 3.32. The largest absolute Gasteiger partial charge is 0.481 e. The van der Waals surface area contributed by atoms with Crippen LogP contribution >= 0.6 is 22.9 Å². The molecule has 2 aromatic carbocycles. The van der Waals surface area contributed by atoms with Crippen molar-refractivity contribution in [2.75, 3.05) is 24.5 Å². The number of carboxylic acids is 1. The Morgan fingerprint density at radius 1 is 1.31 bits per heavy atom. The summed E-state index contributed by atoms with van der Waals surface area (Å²) < 4.78 is 1.12. The highest BCUT2D eigenvalue weighted by Gasteiger charge is 2.28. The summed E-state index contributed by atoms with van der Waals surface area (Å²) >= 11 is 7.81. The van der Waals surface area contributed by atoms with E-state index in [0.717, 1.165) is 58.5 Å². The van der Waals surface area contributed by atoms with Gasteiger partial charge in [0.25, 0.3) is 0 Å². The van der Waals surface area contributed by atoms with Crippen molar-refractivity contribution < 1.29 is 9.90 Å². The van der Waals surface area contributed by atoms with Gasteiger partial charge in [-0.1, -0.05) is 54.1 Å². The molecule has 7 heteroatoms. The van der Waals surface area contributed by atoms with Gasteiger partial charge < -0.3 is 10.0 Å². The van der Waals surface area contributed by atoms with Crippen molar-refractivity contribution >= 4 is 44.3 Å². The summed E-state index contributed by atoms with van der Waals surface area (Å²) in [6.07, 6.45) is 1.16. The van der Waals surface area contributed by atoms with Gasteiger partial charge in [-0.25, -0.2) is 4.98 Å². The van der Waals surface area contributed by atoms with Gasteiger partial charge >= 0.3 is 5.97 Å². The Labute approximate surface area is 179 Å². The van der Waals surface area contributed by atoms with Crippen molar-refractivity contribution in [2.24, 2.45) is 0 Å². The highest BCUT2D eigenvalue weighted by atomic mass is 35.5. The first-order valence-corrected chi connectivity index (χ1v) is 11.1. The molecule has 0 bridgehead atoms. The summed E-state index contributed by atoms with van der Waals surface area (Å²) in [6.45, 7) is 5.92. The Kier molecular flexibility index (Phi) is 6.04. The van der Waals surface area contributed by atoms with Gasteiger partial charge in [-0.15, -0.1) is 0 Å². The van der Waals surface area contributed by atoms with E-state index in [1.807, 2.05) is 36.4 Å². The molecule has 0 saturated carbocycles. The molecule has 29 heavy (non-hydrogen) atoms. The lowest BCUT2D eigenvalue weighted by Gasteiger charge is -2.28. The molecule has 1 aliphatic heterocycles. The molecule has 1 saturated heterocycles. The number of rotatable bonds is 7. The lowest BCUT2D eigenvalue weighted by Crippen LogP contribution is -2.37. The molecule has 1 aromatic heterocycles. The highest BCUT2D eigenvalue weighted by Crippen LogP contribution is 2.33. The summed E-state index contributed by atoms with van der Waals surface area (Å²) in [6, 6.07) is 14.2. The summed E-state index contributed by atoms with van der Waals surface area (Å²) in [5.74, 6) is -0.793. The molecule has 1 fully saturated rings. The van der Waals surface area contributed by atoms with Crippen LogP contribution in [0.1, 0.15) is 24.5 Å². The molecular weight excluding hydrogens is 406 g/mol. The fourth-order valence-corrected chi connectivity index (χ4v) is 5.26. The molecule has 0 spiro atoms. The first-order chi connectivity index (χ1) is 14.0. The number of nitrogens with zero attached hydrogens (tertiary/aromatic N) is 3. The Bertz CT molecular complexity index is 1020. The van der Waals surface area contributed by atoms with Gasteiger partial charge in [0, 0.05) is 30.7 Å². The summed E-state index contributed by atoms with van der Waals surface area (Å²) in [5, 5.41) is 10.8. The molecule has 0 amide bonds. The molecule has 2 heterocycles. The molecule has 1 aliphatic rings. The van der Waals surface area contributed by atoms with Gasteiger partial charge in [-0.2, -0.15) is 0 Å². The number of carbonyl (C=O) groups is 1. The number of anilines is 1. The number of carboxylic acid groups (broad SMARTS) is 1. The van der Waals surface area contributed by atoms with E-state index in [1.54, 1.807) is 11.3 Å². The zero-order chi connectivity index (χ0) is 20.4. The number of halogens is 1. The minimum absolute atomic E-state index is 0.0682. The number of benzene rings is 2. The van der Waals surface area contributed by atoms with Crippen LogP contribution in [0.4, 0.5) is 5.13 Å². The molecule has 0 radical (unpaired) electrons. The fourth-order valence-electron chi connectivity index (χ4n) is 3.98. The molecule has 152 valence electrons. The number of thiazole rings is 1. The van der Waals surface area contributed by atoms with Gasteiger partial charge in [0.05, 0.1) is 16.6 Å². The van der Waals surface area contributed by atoms with Crippen LogP contribution in [0.25, 0.3) is 10.2 Å². The first kappa shape index (κ1) is 20.1. The molecule has 3 aromatic rings. The summed E-state index contributed by atoms with van der Waals surface area (Å²) in [7, 11) is 0. The van der Waals surface area contributed by atoms with Crippen LogP contribution in [0.15, 0.2) is 42.5 Å². The van der Waals surface area contributed by atoms with Crippen molar-refractivity contribution in [1.29, 1.82) is 0 Å². The second-order valence-electron chi connectivity index (χ2n) is 7.45. The zero-order valence-electron chi connectivity index (χ0n) is 16.3. The quantitative estimate of drug-likeness (QED) is 0.591. The maximum atomic E-state index is 11.0. The van der Waals surface area contributed by atoms with E-state index in [9.17, 15) is 4.79 Å². The SMILES string of the molecule is CCN(Cc1cccc(CC(=O)O)c1)C1CCN(c2nc3ccc(Cl)cc3s2)C1. The normalized spacial score (nSPS) is 16.8.